The molecule has 2 rings (SSSR count). The summed E-state index contributed by atoms with van der Waals surface area (Å²) in [7, 11) is -3.24. The van der Waals surface area contributed by atoms with Gasteiger partial charge >= 0.3 is 0 Å². The highest BCUT2D eigenvalue weighted by Crippen LogP contribution is 2.12. The predicted molar refractivity (Wildman–Crippen MR) is 72.5 cm³/mol. The molecule has 0 radical (unpaired) electrons. The Balaban J connectivity index is 1.76. The number of hydrogen-bond donors (Lipinski definition) is 2. The van der Waals surface area contributed by atoms with E-state index in [1.165, 1.54) is 5.57 Å². The smallest absolute Gasteiger partial charge is 0.279 e. The zero-order valence-electron chi connectivity index (χ0n) is 10.8. The van der Waals surface area contributed by atoms with Crippen LogP contribution in [0.5, 0.6) is 0 Å². The van der Waals surface area contributed by atoms with Crippen molar-refractivity contribution in [2.45, 2.75) is 32.1 Å². The molecule has 0 spiro atoms. The molecule has 0 amide bonds. The maximum Gasteiger partial charge on any atom is 0.279 e. The van der Waals surface area contributed by atoms with Crippen molar-refractivity contribution < 1.29 is 8.42 Å². The summed E-state index contributed by atoms with van der Waals surface area (Å²) in [6.07, 6.45) is 7.14. The van der Waals surface area contributed by atoms with Gasteiger partial charge in [-0.1, -0.05) is 18.1 Å². The highest BCUT2D eigenvalue weighted by Gasteiger charge is 2.22. The molecule has 0 bridgehead atoms. The maximum absolute atomic E-state index is 12.0. The largest absolute Gasteiger partial charge is 0.313 e. The van der Waals surface area contributed by atoms with E-state index in [-0.39, 0.29) is 0 Å². The quantitative estimate of drug-likeness (QED) is 0.722. The maximum atomic E-state index is 12.0. The Kier molecular flexibility index (Phi) is 5.17. The lowest BCUT2D eigenvalue weighted by molar-refractivity contribution is 0.342. The van der Waals surface area contributed by atoms with Crippen molar-refractivity contribution in [3.05, 3.63) is 11.6 Å². The van der Waals surface area contributed by atoms with Crippen LogP contribution in [0.25, 0.3) is 0 Å². The standard InChI is InChI=1S/C12H23N3O2S/c16-18(17,15-10-2-1-3-11-15)14-9-6-12-4-7-13-8-5-12/h4,13-14H,1-3,5-11H2. The molecule has 5 nitrogen and oxygen atoms in total. The van der Waals surface area contributed by atoms with Crippen LogP contribution in [0.4, 0.5) is 0 Å². The van der Waals surface area contributed by atoms with Crippen LogP contribution in [0.2, 0.25) is 0 Å². The van der Waals surface area contributed by atoms with Crippen LogP contribution in [0.1, 0.15) is 32.1 Å². The van der Waals surface area contributed by atoms with Crippen LogP contribution in [-0.2, 0) is 10.2 Å². The van der Waals surface area contributed by atoms with E-state index in [9.17, 15) is 8.42 Å². The van der Waals surface area contributed by atoms with Gasteiger partial charge in [-0.05, 0) is 32.2 Å². The highest BCUT2D eigenvalue weighted by atomic mass is 32.2. The molecule has 2 N–H and O–H groups in total. The summed E-state index contributed by atoms with van der Waals surface area (Å²) >= 11 is 0. The lowest BCUT2D eigenvalue weighted by Crippen LogP contribution is -2.43. The van der Waals surface area contributed by atoms with Crippen LogP contribution in [0.15, 0.2) is 11.6 Å². The van der Waals surface area contributed by atoms with Gasteiger partial charge in [0.15, 0.2) is 0 Å². The van der Waals surface area contributed by atoms with E-state index in [0.717, 1.165) is 45.2 Å². The second-order valence-corrected chi connectivity index (χ2v) is 6.68. The van der Waals surface area contributed by atoms with E-state index in [1.54, 1.807) is 4.31 Å². The first-order chi connectivity index (χ1) is 8.68. The third-order valence-electron chi connectivity index (χ3n) is 3.54. The van der Waals surface area contributed by atoms with Crippen molar-refractivity contribution in [2.75, 3.05) is 32.7 Å². The number of nitrogens with one attached hydrogen (secondary N) is 2. The first-order valence-corrected chi connectivity index (χ1v) is 8.26. The molecule has 2 heterocycles. The molecule has 6 heteroatoms. The van der Waals surface area contributed by atoms with Crippen LogP contribution in [-0.4, -0.2) is 45.4 Å². The Morgan fingerprint density at radius 2 is 2.06 bits per heavy atom. The summed E-state index contributed by atoms with van der Waals surface area (Å²) < 4.78 is 28.3. The molecule has 0 aromatic carbocycles. The minimum Gasteiger partial charge on any atom is -0.313 e. The van der Waals surface area contributed by atoms with Crippen molar-refractivity contribution in [2.24, 2.45) is 0 Å². The third kappa shape index (κ3) is 4.05. The Morgan fingerprint density at radius 1 is 1.28 bits per heavy atom. The van der Waals surface area contributed by atoms with E-state index in [4.69, 9.17) is 0 Å². The predicted octanol–water partition coefficient (Wildman–Crippen LogP) is 0.616. The molecule has 1 fully saturated rings. The summed E-state index contributed by atoms with van der Waals surface area (Å²) in [5.41, 5.74) is 1.36. The van der Waals surface area contributed by atoms with Gasteiger partial charge in [0.25, 0.3) is 10.2 Å². The molecule has 104 valence electrons. The Bertz CT molecular complexity index is 386. The van der Waals surface area contributed by atoms with Gasteiger partial charge < -0.3 is 5.32 Å². The number of nitrogens with zero attached hydrogens (tertiary/aromatic N) is 1. The highest BCUT2D eigenvalue weighted by molar-refractivity contribution is 7.87. The van der Waals surface area contributed by atoms with Gasteiger partial charge in [-0.25, -0.2) is 4.72 Å². The average Bonchev–Trinajstić information content (AvgIpc) is 2.41. The summed E-state index contributed by atoms with van der Waals surface area (Å²) in [6, 6.07) is 0. The molecule has 0 aromatic rings. The van der Waals surface area contributed by atoms with Gasteiger partial charge in [-0.2, -0.15) is 12.7 Å². The molecule has 0 atom stereocenters. The van der Waals surface area contributed by atoms with Crippen molar-refractivity contribution in [3.63, 3.8) is 0 Å². The first kappa shape index (κ1) is 14.0. The van der Waals surface area contributed by atoms with E-state index in [1.807, 2.05) is 0 Å². The summed E-state index contributed by atoms with van der Waals surface area (Å²) in [5, 5.41) is 3.25. The molecule has 0 aliphatic carbocycles. The van der Waals surface area contributed by atoms with Gasteiger partial charge in [0, 0.05) is 26.2 Å². The molecule has 2 aliphatic rings. The van der Waals surface area contributed by atoms with Crippen LogP contribution in [0, 0.1) is 0 Å². The SMILES string of the molecule is O=S(=O)(NCCC1=CCNCC1)N1CCCCC1. The van der Waals surface area contributed by atoms with Crippen molar-refractivity contribution in [1.82, 2.24) is 14.3 Å². The van der Waals surface area contributed by atoms with Crippen LogP contribution in [0.3, 0.4) is 0 Å². The van der Waals surface area contributed by atoms with Crippen LogP contribution < -0.4 is 10.0 Å². The van der Waals surface area contributed by atoms with Gasteiger partial charge in [-0.3, -0.25) is 0 Å². The van der Waals surface area contributed by atoms with Gasteiger partial charge in [0.1, 0.15) is 0 Å². The zero-order chi connectivity index (χ0) is 12.8. The molecule has 0 saturated carbocycles. The molecule has 0 unspecified atom stereocenters. The summed E-state index contributed by atoms with van der Waals surface area (Å²) in [4.78, 5) is 0. The fraction of sp³-hybridized carbons (Fsp3) is 0.833. The molecule has 1 saturated heterocycles. The lowest BCUT2D eigenvalue weighted by atomic mass is 10.1. The van der Waals surface area contributed by atoms with Crippen LogP contribution >= 0.6 is 0 Å². The normalized spacial score (nSPS) is 22.8. The number of rotatable bonds is 5. The van der Waals surface area contributed by atoms with E-state index >= 15 is 0 Å². The van der Waals surface area contributed by atoms with Gasteiger partial charge in [-0.15, -0.1) is 0 Å². The van der Waals surface area contributed by atoms with Gasteiger partial charge in [0.2, 0.25) is 0 Å². The summed E-state index contributed by atoms with van der Waals surface area (Å²) in [6.45, 7) is 3.77. The first-order valence-electron chi connectivity index (χ1n) is 6.82. The average molecular weight is 273 g/mol. The number of hydrogen-bond acceptors (Lipinski definition) is 3. The minimum absolute atomic E-state index is 0.519. The van der Waals surface area contributed by atoms with E-state index in [2.05, 4.69) is 16.1 Å². The zero-order valence-corrected chi connectivity index (χ0v) is 11.6. The minimum atomic E-state index is -3.24. The van der Waals surface area contributed by atoms with Crippen molar-refractivity contribution in [1.29, 1.82) is 0 Å². The monoisotopic (exact) mass is 273 g/mol. The molecule has 0 aromatic heterocycles. The fourth-order valence-corrected chi connectivity index (χ4v) is 3.72. The van der Waals surface area contributed by atoms with Gasteiger partial charge in [0.05, 0.1) is 0 Å². The Hall–Kier alpha value is -0.430. The molecular formula is C12H23N3O2S. The Morgan fingerprint density at radius 3 is 2.72 bits per heavy atom. The van der Waals surface area contributed by atoms with E-state index < -0.39 is 10.2 Å². The van der Waals surface area contributed by atoms with E-state index in [0.29, 0.717) is 19.6 Å². The molecule has 2 aliphatic heterocycles. The summed E-state index contributed by atoms with van der Waals surface area (Å²) in [5.74, 6) is 0. The lowest BCUT2D eigenvalue weighted by Gasteiger charge is -2.26. The number of piperidine rings is 1. The van der Waals surface area contributed by atoms with Crippen molar-refractivity contribution in [3.8, 4) is 0 Å². The molecular weight excluding hydrogens is 250 g/mol. The molecule has 18 heavy (non-hydrogen) atoms. The third-order valence-corrected chi connectivity index (χ3v) is 5.16. The fourth-order valence-electron chi connectivity index (χ4n) is 2.43. The second-order valence-electron chi connectivity index (χ2n) is 4.93. The second kappa shape index (κ2) is 6.65. The van der Waals surface area contributed by atoms with Crippen molar-refractivity contribution >= 4 is 10.2 Å². The Labute approximate surface area is 110 Å². The topological polar surface area (TPSA) is 61.4 Å².